The van der Waals surface area contributed by atoms with Gasteiger partial charge in [0, 0.05) is 23.8 Å². The molecule has 0 aliphatic carbocycles. The Morgan fingerprint density at radius 3 is 2.47 bits per heavy atom. The van der Waals surface area contributed by atoms with E-state index in [1.54, 1.807) is 42.5 Å². The average molecular weight is 401 g/mol. The molecule has 30 heavy (non-hydrogen) atoms. The zero-order valence-corrected chi connectivity index (χ0v) is 15.6. The first kappa shape index (κ1) is 19.1. The molecule has 3 aromatic rings. The van der Waals surface area contributed by atoms with E-state index in [9.17, 15) is 19.7 Å². The first-order chi connectivity index (χ1) is 14.5. The Morgan fingerprint density at radius 2 is 1.77 bits per heavy atom. The van der Waals surface area contributed by atoms with Gasteiger partial charge in [-0.25, -0.2) is 0 Å². The number of rotatable bonds is 6. The number of benzene rings is 3. The van der Waals surface area contributed by atoms with E-state index in [-0.39, 0.29) is 29.6 Å². The van der Waals surface area contributed by atoms with Crippen LogP contribution in [0, 0.1) is 10.1 Å². The zero-order chi connectivity index (χ0) is 21.1. The van der Waals surface area contributed by atoms with E-state index in [2.05, 4.69) is 0 Å². The van der Waals surface area contributed by atoms with Gasteiger partial charge in [0.1, 0.15) is 11.5 Å². The molecule has 3 aromatic carbocycles. The highest BCUT2D eigenvalue weighted by atomic mass is 16.6. The molecule has 0 saturated heterocycles. The van der Waals surface area contributed by atoms with Crippen LogP contribution in [0.5, 0.6) is 11.5 Å². The van der Waals surface area contributed by atoms with Crippen LogP contribution in [0.25, 0.3) is 6.08 Å². The Morgan fingerprint density at radius 1 is 1.03 bits per heavy atom. The van der Waals surface area contributed by atoms with E-state index in [1.807, 2.05) is 6.07 Å². The summed E-state index contributed by atoms with van der Waals surface area (Å²) in [6.07, 6.45) is 1.52. The monoisotopic (exact) mass is 401 g/mol. The standard InChI is InChI=1S/C23H15NO6/c25-20(16-4-2-1-3-5-16)14-29-18-10-11-19-21(13-18)30-22(23(19)26)12-15-6-8-17(9-7-15)24(27)28/h1-13H,14H2/b22-12+. The molecule has 0 radical (unpaired) electrons. The summed E-state index contributed by atoms with van der Waals surface area (Å²) in [4.78, 5) is 35.0. The molecule has 0 aromatic heterocycles. The van der Waals surface area contributed by atoms with Crippen molar-refractivity contribution >= 4 is 23.3 Å². The topological polar surface area (TPSA) is 95.7 Å². The summed E-state index contributed by atoms with van der Waals surface area (Å²) < 4.78 is 11.2. The van der Waals surface area contributed by atoms with Crippen LogP contribution < -0.4 is 9.47 Å². The number of hydrogen-bond donors (Lipinski definition) is 0. The number of nitro groups is 1. The lowest BCUT2D eigenvalue weighted by Crippen LogP contribution is -2.11. The lowest BCUT2D eigenvalue weighted by atomic mass is 10.1. The highest BCUT2D eigenvalue weighted by molar-refractivity contribution is 6.14. The fraction of sp³-hybridized carbons (Fsp3) is 0.0435. The summed E-state index contributed by atoms with van der Waals surface area (Å²) in [5.74, 6) is 0.388. The largest absolute Gasteiger partial charge is 0.485 e. The minimum Gasteiger partial charge on any atom is -0.485 e. The van der Waals surface area contributed by atoms with Crippen LogP contribution >= 0.6 is 0 Å². The Balaban J connectivity index is 1.47. The third kappa shape index (κ3) is 3.95. The first-order valence-corrected chi connectivity index (χ1v) is 9.05. The minimum atomic E-state index is -0.492. The fourth-order valence-electron chi connectivity index (χ4n) is 2.96. The van der Waals surface area contributed by atoms with Crippen LogP contribution in [0.4, 0.5) is 5.69 Å². The number of ketones is 2. The Kier molecular flexibility index (Phi) is 5.09. The number of carbonyl (C=O) groups excluding carboxylic acids is 2. The molecule has 0 amide bonds. The van der Waals surface area contributed by atoms with Gasteiger partial charge in [0.05, 0.1) is 10.5 Å². The maximum absolute atomic E-state index is 12.5. The van der Waals surface area contributed by atoms with Gasteiger partial charge in [-0.1, -0.05) is 30.3 Å². The van der Waals surface area contributed by atoms with Crippen LogP contribution in [0.15, 0.2) is 78.6 Å². The third-order valence-electron chi connectivity index (χ3n) is 4.51. The van der Waals surface area contributed by atoms with Crippen LogP contribution in [0.1, 0.15) is 26.3 Å². The van der Waals surface area contributed by atoms with Crippen molar-refractivity contribution in [2.45, 2.75) is 0 Å². The van der Waals surface area contributed by atoms with Crippen molar-refractivity contribution in [2.24, 2.45) is 0 Å². The summed E-state index contributed by atoms with van der Waals surface area (Å²) >= 11 is 0. The Bertz CT molecular complexity index is 1170. The van der Waals surface area contributed by atoms with Crippen molar-refractivity contribution in [3.05, 3.63) is 105 Å². The SMILES string of the molecule is O=C(COc1ccc2c(c1)O/C(=C/c1ccc([N+](=O)[O-])cc1)C2=O)c1ccccc1. The molecule has 1 heterocycles. The number of ether oxygens (including phenoxy) is 2. The molecule has 0 fully saturated rings. The molecule has 0 atom stereocenters. The third-order valence-corrected chi connectivity index (χ3v) is 4.51. The van der Waals surface area contributed by atoms with Gasteiger partial charge in [-0.2, -0.15) is 0 Å². The molecule has 7 heteroatoms. The summed E-state index contributed by atoms with van der Waals surface area (Å²) in [6, 6.07) is 19.3. The van der Waals surface area contributed by atoms with Gasteiger partial charge in [-0.15, -0.1) is 0 Å². The number of non-ortho nitro benzene ring substituents is 1. The molecule has 0 saturated carbocycles. The number of nitrogens with zero attached hydrogens (tertiary/aromatic N) is 1. The van der Waals surface area contributed by atoms with Crippen molar-refractivity contribution in [1.29, 1.82) is 0 Å². The lowest BCUT2D eigenvalue weighted by molar-refractivity contribution is -0.384. The van der Waals surface area contributed by atoms with Gasteiger partial charge in [-0.3, -0.25) is 19.7 Å². The molecule has 1 aliphatic heterocycles. The highest BCUT2D eigenvalue weighted by Gasteiger charge is 2.27. The van der Waals surface area contributed by atoms with E-state index in [4.69, 9.17) is 9.47 Å². The number of carbonyl (C=O) groups is 2. The van der Waals surface area contributed by atoms with Gasteiger partial charge in [0.15, 0.2) is 18.1 Å². The molecule has 148 valence electrons. The van der Waals surface area contributed by atoms with Crippen LogP contribution in [-0.4, -0.2) is 23.1 Å². The number of allylic oxidation sites excluding steroid dienone is 1. The Hall–Kier alpha value is -4.26. The van der Waals surface area contributed by atoms with Crippen molar-refractivity contribution < 1.29 is 24.0 Å². The average Bonchev–Trinajstić information content (AvgIpc) is 3.07. The molecule has 1 aliphatic rings. The quantitative estimate of drug-likeness (QED) is 0.262. The van der Waals surface area contributed by atoms with E-state index >= 15 is 0 Å². The van der Waals surface area contributed by atoms with Crippen LogP contribution in [-0.2, 0) is 0 Å². The summed E-state index contributed by atoms with van der Waals surface area (Å²) in [7, 11) is 0. The predicted molar refractivity (Wildman–Crippen MR) is 109 cm³/mol. The highest BCUT2D eigenvalue weighted by Crippen LogP contribution is 2.35. The van der Waals surface area contributed by atoms with E-state index in [0.29, 0.717) is 28.2 Å². The van der Waals surface area contributed by atoms with Crippen LogP contribution in [0.3, 0.4) is 0 Å². The van der Waals surface area contributed by atoms with Gasteiger partial charge in [-0.05, 0) is 35.9 Å². The van der Waals surface area contributed by atoms with Crippen LogP contribution in [0.2, 0.25) is 0 Å². The summed E-state index contributed by atoms with van der Waals surface area (Å²) in [5, 5.41) is 10.7. The molecule has 0 N–H and O–H groups in total. The minimum absolute atomic E-state index is 0.0362. The molecule has 0 unspecified atom stereocenters. The molecule has 7 nitrogen and oxygen atoms in total. The van der Waals surface area contributed by atoms with Gasteiger partial charge >= 0.3 is 0 Å². The van der Waals surface area contributed by atoms with Crippen molar-refractivity contribution in [3.8, 4) is 11.5 Å². The lowest BCUT2D eigenvalue weighted by Gasteiger charge is -2.06. The van der Waals surface area contributed by atoms with Crippen molar-refractivity contribution in [2.75, 3.05) is 6.61 Å². The van der Waals surface area contributed by atoms with E-state index in [0.717, 1.165) is 0 Å². The van der Waals surface area contributed by atoms with E-state index < -0.39 is 4.92 Å². The molecule has 4 rings (SSSR count). The molecular weight excluding hydrogens is 386 g/mol. The molecule has 0 spiro atoms. The van der Waals surface area contributed by atoms with Gasteiger partial charge in [0.25, 0.3) is 5.69 Å². The smallest absolute Gasteiger partial charge is 0.269 e. The maximum atomic E-state index is 12.5. The second-order valence-corrected chi connectivity index (χ2v) is 6.52. The second kappa shape index (κ2) is 8.00. The number of Topliss-reactive ketones (excluding diaryl/α,β-unsaturated/α-hetero) is 2. The predicted octanol–water partition coefficient (Wildman–Crippen LogP) is 4.47. The van der Waals surface area contributed by atoms with E-state index in [1.165, 1.54) is 30.3 Å². The number of hydrogen-bond acceptors (Lipinski definition) is 6. The normalized spacial score (nSPS) is 13.6. The number of fused-ring (bicyclic) bond motifs is 1. The Labute approximate surface area is 171 Å². The summed E-state index contributed by atoms with van der Waals surface area (Å²) in [5.41, 5.74) is 1.50. The van der Waals surface area contributed by atoms with Gasteiger partial charge in [0.2, 0.25) is 5.78 Å². The van der Waals surface area contributed by atoms with Crippen molar-refractivity contribution in [1.82, 2.24) is 0 Å². The maximum Gasteiger partial charge on any atom is 0.269 e. The zero-order valence-electron chi connectivity index (χ0n) is 15.6. The molecule has 0 bridgehead atoms. The first-order valence-electron chi connectivity index (χ1n) is 9.05. The van der Waals surface area contributed by atoms with Gasteiger partial charge < -0.3 is 9.47 Å². The number of nitro benzene ring substituents is 1. The molecular formula is C23H15NO6. The summed E-state index contributed by atoms with van der Waals surface area (Å²) in [6.45, 7) is -0.137. The fourth-order valence-corrected chi connectivity index (χ4v) is 2.96. The second-order valence-electron chi connectivity index (χ2n) is 6.52. The van der Waals surface area contributed by atoms with Crippen molar-refractivity contribution in [3.63, 3.8) is 0 Å².